The van der Waals surface area contributed by atoms with Gasteiger partial charge < -0.3 is 28.4 Å². The minimum atomic E-state index is -0.998. The van der Waals surface area contributed by atoms with E-state index in [1.54, 1.807) is 24.3 Å². The zero-order chi connectivity index (χ0) is 23.3. The van der Waals surface area contributed by atoms with Gasteiger partial charge in [0.25, 0.3) is 0 Å². The fraction of sp³-hybridized carbons (Fsp3) is 0.692. The molecule has 0 unspecified atom stereocenters. The van der Waals surface area contributed by atoms with E-state index in [1.165, 1.54) is 6.92 Å². The summed E-state index contributed by atoms with van der Waals surface area (Å²) in [5, 5.41) is 0. The number of hydrogen-bond acceptors (Lipinski definition) is 8. The Morgan fingerprint density at radius 1 is 0.765 bits per heavy atom. The van der Waals surface area contributed by atoms with Gasteiger partial charge in [-0.3, -0.25) is 4.79 Å². The molecule has 3 saturated heterocycles. The number of fused-ring (bicyclic) bond motifs is 3. The Bertz CT molecular complexity index is 931. The fourth-order valence-corrected chi connectivity index (χ4v) is 6.08. The quantitative estimate of drug-likeness (QED) is 0.370. The molecule has 3 heterocycles. The van der Waals surface area contributed by atoms with E-state index in [-0.39, 0.29) is 5.78 Å². The van der Waals surface area contributed by atoms with Crippen LogP contribution in [0.5, 0.6) is 5.75 Å². The van der Waals surface area contributed by atoms with E-state index in [0.29, 0.717) is 11.3 Å². The number of hydrogen-bond donors (Lipinski definition) is 0. The van der Waals surface area contributed by atoms with Crippen molar-refractivity contribution in [3.8, 4) is 5.75 Å². The fourth-order valence-electron chi connectivity index (χ4n) is 6.08. The van der Waals surface area contributed by atoms with E-state index in [2.05, 4.69) is 0 Å². The average Bonchev–Trinajstić information content (AvgIpc) is 3.37. The molecule has 0 bridgehead atoms. The normalized spacial score (nSPS) is 35.6. The van der Waals surface area contributed by atoms with Crippen LogP contribution in [0.1, 0.15) is 81.5 Å². The summed E-state index contributed by atoms with van der Waals surface area (Å²) >= 11 is 0. The lowest BCUT2D eigenvalue weighted by atomic mass is 9.94. The molecule has 5 aliphatic rings. The van der Waals surface area contributed by atoms with Crippen LogP contribution in [-0.4, -0.2) is 54.0 Å². The van der Waals surface area contributed by atoms with E-state index in [4.69, 9.17) is 28.4 Å². The molecular formula is C26H32O8. The molecular weight excluding hydrogens is 440 g/mol. The molecule has 6 rings (SSSR count). The summed E-state index contributed by atoms with van der Waals surface area (Å²) in [7, 11) is 0. The molecule has 3 aliphatic heterocycles. The van der Waals surface area contributed by atoms with E-state index in [0.717, 1.165) is 64.2 Å². The zero-order valence-electron chi connectivity index (χ0n) is 19.5. The molecule has 2 aliphatic carbocycles. The van der Waals surface area contributed by atoms with Gasteiger partial charge in [0.05, 0.1) is 0 Å². The lowest BCUT2D eigenvalue weighted by Crippen LogP contribution is -2.58. The topological polar surface area (TPSA) is 89.5 Å². The highest BCUT2D eigenvalue weighted by Crippen LogP contribution is 2.51. The molecule has 2 spiro atoms. The van der Waals surface area contributed by atoms with E-state index >= 15 is 0 Å². The largest absolute Gasteiger partial charge is 0.425 e. The first-order valence-electron chi connectivity index (χ1n) is 12.7. The second-order valence-corrected chi connectivity index (χ2v) is 10.2. The van der Waals surface area contributed by atoms with Gasteiger partial charge in [-0.1, -0.05) is 12.8 Å². The minimum absolute atomic E-state index is 0.0494. The van der Waals surface area contributed by atoms with Crippen LogP contribution < -0.4 is 4.74 Å². The predicted molar refractivity (Wildman–Crippen MR) is 118 cm³/mol. The first kappa shape index (κ1) is 22.6. The van der Waals surface area contributed by atoms with Crippen LogP contribution in [0.4, 0.5) is 0 Å². The third-order valence-corrected chi connectivity index (χ3v) is 7.82. The molecule has 1 aromatic rings. The summed E-state index contributed by atoms with van der Waals surface area (Å²) in [4.78, 5) is 24.9. The van der Waals surface area contributed by atoms with Crippen molar-refractivity contribution >= 4 is 11.8 Å². The second-order valence-electron chi connectivity index (χ2n) is 10.2. The van der Waals surface area contributed by atoms with Crippen molar-refractivity contribution in [1.82, 2.24) is 0 Å². The molecule has 8 nitrogen and oxygen atoms in total. The molecule has 0 aromatic heterocycles. The van der Waals surface area contributed by atoms with Crippen molar-refractivity contribution < 1.29 is 38.0 Å². The number of rotatable bonds is 3. The summed E-state index contributed by atoms with van der Waals surface area (Å²) in [6, 6.07) is 6.49. The number of ether oxygens (including phenoxy) is 6. The first-order valence-corrected chi connectivity index (χ1v) is 12.7. The molecule has 2 saturated carbocycles. The Labute approximate surface area is 199 Å². The van der Waals surface area contributed by atoms with Gasteiger partial charge in [0.15, 0.2) is 29.8 Å². The lowest BCUT2D eigenvalue weighted by molar-refractivity contribution is -0.250. The Hall–Kier alpha value is -1.84. The molecule has 5 fully saturated rings. The van der Waals surface area contributed by atoms with Crippen molar-refractivity contribution in [1.29, 1.82) is 0 Å². The van der Waals surface area contributed by atoms with Crippen LogP contribution >= 0.6 is 0 Å². The number of benzene rings is 1. The third-order valence-electron chi connectivity index (χ3n) is 7.82. The summed E-state index contributed by atoms with van der Waals surface area (Å²) in [5.41, 5.74) is 0.553. The lowest BCUT2D eigenvalue weighted by Gasteiger charge is -2.35. The smallest absolute Gasteiger partial charge is 0.343 e. The predicted octanol–water partition coefficient (Wildman–Crippen LogP) is 4.04. The molecule has 184 valence electrons. The molecule has 0 N–H and O–H groups in total. The van der Waals surface area contributed by atoms with Crippen molar-refractivity contribution in [2.45, 2.75) is 113 Å². The van der Waals surface area contributed by atoms with E-state index in [1.807, 2.05) is 0 Å². The van der Waals surface area contributed by atoms with Crippen molar-refractivity contribution in [2.24, 2.45) is 0 Å². The molecule has 8 heteroatoms. The first-order chi connectivity index (χ1) is 16.5. The average molecular weight is 473 g/mol. The number of carbonyl (C=O) groups is 2. The maximum atomic E-state index is 13.3. The van der Waals surface area contributed by atoms with Gasteiger partial charge in [-0.05, 0) is 56.9 Å². The van der Waals surface area contributed by atoms with E-state index < -0.39 is 48.2 Å². The van der Waals surface area contributed by atoms with Crippen LogP contribution in [0.25, 0.3) is 0 Å². The van der Waals surface area contributed by atoms with Gasteiger partial charge >= 0.3 is 5.97 Å². The van der Waals surface area contributed by atoms with Crippen LogP contribution in [-0.2, 0) is 28.5 Å². The van der Waals surface area contributed by atoms with Crippen molar-refractivity contribution in [3.63, 3.8) is 0 Å². The van der Waals surface area contributed by atoms with Crippen LogP contribution in [0, 0.1) is 0 Å². The highest BCUT2D eigenvalue weighted by molar-refractivity contribution is 5.94. The summed E-state index contributed by atoms with van der Waals surface area (Å²) in [6.07, 6.45) is 6.39. The third kappa shape index (κ3) is 3.99. The Balaban J connectivity index is 1.25. The van der Waals surface area contributed by atoms with Gasteiger partial charge in [0, 0.05) is 31.2 Å². The Morgan fingerprint density at radius 2 is 1.32 bits per heavy atom. The molecule has 0 radical (unpaired) electrons. The van der Waals surface area contributed by atoms with Crippen molar-refractivity contribution in [2.75, 3.05) is 0 Å². The van der Waals surface area contributed by atoms with Crippen LogP contribution in [0.3, 0.4) is 0 Å². The Kier molecular flexibility index (Phi) is 5.77. The molecule has 1 aromatic carbocycles. The van der Waals surface area contributed by atoms with Gasteiger partial charge in [0.1, 0.15) is 24.1 Å². The Morgan fingerprint density at radius 3 is 1.94 bits per heavy atom. The minimum Gasteiger partial charge on any atom is -0.425 e. The standard InChI is InChI=1S/C26H32O8/c1-16(27)17-8-10-18(11-9-17)29-23(28)21-19-20(32-25(31-19)12-4-2-5-13-25)22-24(30-21)34-26(33-22)14-6-3-7-15-26/h8-11,19-22,24H,2-7,12-15H2,1H3/t19-,20-,21+,22+,24-/m0/s1. The molecule has 0 amide bonds. The van der Waals surface area contributed by atoms with Gasteiger partial charge in [-0.2, -0.15) is 0 Å². The highest BCUT2D eigenvalue weighted by Gasteiger charge is 2.65. The molecule has 34 heavy (non-hydrogen) atoms. The number of Topliss-reactive ketones (excluding diaryl/α,β-unsaturated/α-hetero) is 1. The number of carbonyl (C=O) groups excluding carboxylic acids is 2. The number of esters is 1. The number of ketones is 1. The van der Waals surface area contributed by atoms with E-state index in [9.17, 15) is 9.59 Å². The summed E-state index contributed by atoms with van der Waals surface area (Å²) in [6.45, 7) is 1.49. The zero-order valence-corrected chi connectivity index (χ0v) is 19.5. The monoisotopic (exact) mass is 472 g/mol. The van der Waals surface area contributed by atoms with Gasteiger partial charge in [0.2, 0.25) is 0 Å². The van der Waals surface area contributed by atoms with Gasteiger partial charge in [-0.15, -0.1) is 0 Å². The van der Waals surface area contributed by atoms with Gasteiger partial charge in [-0.25, -0.2) is 4.79 Å². The summed E-state index contributed by atoms with van der Waals surface area (Å²) < 4.78 is 37.7. The SMILES string of the molecule is CC(=O)c1ccc(OC(=O)[C@@H]2O[C@H]3OC4(CCCCC4)O[C@@H]3[C@H]3OC4(CCCCC4)O[C@@H]32)cc1. The maximum Gasteiger partial charge on any atom is 0.343 e. The highest BCUT2D eigenvalue weighted by atomic mass is 16.9. The van der Waals surface area contributed by atoms with Crippen LogP contribution in [0.15, 0.2) is 24.3 Å². The summed E-state index contributed by atoms with van der Waals surface area (Å²) in [5.74, 6) is -1.65. The molecule has 5 atom stereocenters. The second kappa shape index (κ2) is 8.68. The maximum absolute atomic E-state index is 13.3. The van der Waals surface area contributed by atoms with Crippen molar-refractivity contribution in [3.05, 3.63) is 29.8 Å². The van der Waals surface area contributed by atoms with Crippen LogP contribution in [0.2, 0.25) is 0 Å².